The first-order valence-corrected chi connectivity index (χ1v) is 6.02. The fourth-order valence-corrected chi connectivity index (χ4v) is 2.29. The Morgan fingerprint density at radius 3 is 2.80 bits per heavy atom. The van der Waals surface area contributed by atoms with Gasteiger partial charge in [-0.25, -0.2) is 0 Å². The van der Waals surface area contributed by atoms with Gasteiger partial charge in [-0.15, -0.1) is 0 Å². The van der Waals surface area contributed by atoms with Gasteiger partial charge in [0.2, 0.25) is 5.91 Å². The number of carbonyl (C=O) groups is 1. The molecule has 1 aliphatic heterocycles. The summed E-state index contributed by atoms with van der Waals surface area (Å²) in [4.78, 5) is 13.7. The fraction of sp³-hybridized carbons (Fsp3) is 0.750. The van der Waals surface area contributed by atoms with E-state index in [0.29, 0.717) is 12.6 Å². The summed E-state index contributed by atoms with van der Waals surface area (Å²) in [5.41, 5.74) is 0. The van der Waals surface area contributed by atoms with Gasteiger partial charge in [0.05, 0.1) is 6.54 Å². The van der Waals surface area contributed by atoms with E-state index in [2.05, 4.69) is 17.5 Å². The summed E-state index contributed by atoms with van der Waals surface area (Å²) < 4.78 is 0. The monoisotopic (exact) mass is 208 g/mol. The van der Waals surface area contributed by atoms with Crippen LogP contribution in [0.15, 0.2) is 12.2 Å². The van der Waals surface area contributed by atoms with E-state index in [1.807, 2.05) is 4.90 Å². The molecule has 3 nitrogen and oxygen atoms in total. The van der Waals surface area contributed by atoms with Gasteiger partial charge in [-0.1, -0.05) is 12.2 Å². The lowest BCUT2D eigenvalue weighted by Gasteiger charge is -2.21. The van der Waals surface area contributed by atoms with Crippen molar-refractivity contribution in [2.24, 2.45) is 0 Å². The first kappa shape index (κ1) is 10.7. The number of hydrogen-bond acceptors (Lipinski definition) is 2. The zero-order valence-corrected chi connectivity index (χ0v) is 9.24. The van der Waals surface area contributed by atoms with Crippen molar-refractivity contribution in [2.75, 3.05) is 19.6 Å². The van der Waals surface area contributed by atoms with Crippen molar-refractivity contribution in [3.63, 3.8) is 0 Å². The second-order valence-electron chi connectivity index (χ2n) is 4.45. The minimum absolute atomic E-state index is 0.280. The standard InChI is InChI=1S/C12H20N2O/c15-12(14-8-4-5-9-14)10-13-11-6-2-1-3-7-11/h1-2,11,13H,3-10H2. The molecular weight excluding hydrogens is 188 g/mol. The molecule has 1 heterocycles. The lowest BCUT2D eigenvalue weighted by atomic mass is 10.0. The van der Waals surface area contributed by atoms with E-state index < -0.39 is 0 Å². The minimum Gasteiger partial charge on any atom is -0.342 e. The van der Waals surface area contributed by atoms with Gasteiger partial charge in [0, 0.05) is 19.1 Å². The average Bonchev–Trinajstić information content (AvgIpc) is 2.81. The van der Waals surface area contributed by atoms with Gasteiger partial charge in [-0.3, -0.25) is 4.79 Å². The Hall–Kier alpha value is -0.830. The number of likely N-dealkylation sites (tertiary alicyclic amines) is 1. The summed E-state index contributed by atoms with van der Waals surface area (Å²) in [6, 6.07) is 0.515. The molecule has 0 saturated carbocycles. The molecule has 0 radical (unpaired) electrons. The Balaban J connectivity index is 1.68. The number of hydrogen-bond donors (Lipinski definition) is 1. The molecule has 0 bridgehead atoms. The molecule has 84 valence electrons. The lowest BCUT2D eigenvalue weighted by Crippen LogP contribution is -2.40. The predicted octanol–water partition coefficient (Wildman–Crippen LogP) is 1.31. The Morgan fingerprint density at radius 1 is 1.33 bits per heavy atom. The largest absolute Gasteiger partial charge is 0.342 e. The quantitative estimate of drug-likeness (QED) is 0.709. The molecule has 1 unspecified atom stereocenters. The molecule has 1 amide bonds. The smallest absolute Gasteiger partial charge is 0.236 e. The van der Waals surface area contributed by atoms with Gasteiger partial charge in [0.1, 0.15) is 0 Å². The summed E-state index contributed by atoms with van der Waals surface area (Å²) >= 11 is 0. The third-order valence-corrected chi connectivity index (χ3v) is 3.27. The average molecular weight is 208 g/mol. The van der Waals surface area contributed by atoms with Crippen LogP contribution in [0, 0.1) is 0 Å². The maximum atomic E-state index is 11.7. The molecule has 2 aliphatic rings. The van der Waals surface area contributed by atoms with Crippen molar-refractivity contribution in [2.45, 2.75) is 38.1 Å². The second kappa shape index (κ2) is 5.31. The van der Waals surface area contributed by atoms with Crippen molar-refractivity contribution >= 4 is 5.91 Å². The van der Waals surface area contributed by atoms with E-state index in [1.165, 1.54) is 19.3 Å². The lowest BCUT2D eigenvalue weighted by molar-refractivity contribution is -0.129. The fourth-order valence-electron chi connectivity index (χ4n) is 2.29. The van der Waals surface area contributed by atoms with E-state index in [4.69, 9.17) is 0 Å². The topological polar surface area (TPSA) is 32.3 Å². The Kier molecular flexibility index (Phi) is 3.78. The summed E-state index contributed by atoms with van der Waals surface area (Å²) in [6.45, 7) is 2.45. The van der Waals surface area contributed by atoms with E-state index in [9.17, 15) is 4.79 Å². The third-order valence-electron chi connectivity index (χ3n) is 3.27. The van der Waals surface area contributed by atoms with Crippen LogP contribution in [-0.4, -0.2) is 36.5 Å². The van der Waals surface area contributed by atoms with Gasteiger partial charge >= 0.3 is 0 Å². The second-order valence-corrected chi connectivity index (χ2v) is 4.45. The highest BCUT2D eigenvalue weighted by Crippen LogP contribution is 2.11. The third kappa shape index (κ3) is 3.06. The zero-order chi connectivity index (χ0) is 10.5. The van der Waals surface area contributed by atoms with Gasteiger partial charge in [0.15, 0.2) is 0 Å². The number of amides is 1. The first-order valence-electron chi connectivity index (χ1n) is 6.02. The number of nitrogens with zero attached hydrogens (tertiary/aromatic N) is 1. The summed E-state index contributed by atoms with van der Waals surface area (Å²) in [7, 11) is 0. The van der Waals surface area contributed by atoms with E-state index in [1.54, 1.807) is 0 Å². The van der Waals surface area contributed by atoms with E-state index in [0.717, 1.165) is 25.9 Å². The molecular formula is C12H20N2O. The maximum absolute atomic E-state index is 11.7. The first-order chi connectivity index (χ1) is 7.36. The van der Waals surface area contributed by atoms with Crippen molar-refractivity contribution in [1.82, 2.24) is 10.2 Å². The number of rotatable bonds is 3. The molecule has 1 N–H and O–H groups in total. The SMILES string of the molecule is O=C(CNC1CC=CCC1)N1CCCC1. The van der Waals surface area contributed by atoms with Crippen LogP contribution >= 0.6 is 0 Å². The van der Waals surface area contributed by atoms with Crippen molar-refractivity contribution in [3.8, 4) is 0 Å². The molecule has 0 aromatic rings. The molecule has 1 aliphatic carbocycles. The zero-order valence-electron chi connectivity index (χ0n) is 9.24. The van der Waals surface area contributed by atoms with Crippen molar-refractivity contribution in [3.05, 3.63) is 12.2 Å². The van der Waals surface area contributed by atoms with Crippen molar-refractivity contribution < 1.29 is 4.79 Å². The molecule has 0 aromatic carbocycles. The van der Waals surface area contributed by atoms with Crippen LogP contribution in [0.2, 0.25) is 0 Å². The van der Waals surface area contributed by atoms with Crippen molar-refractivity contribution in [1.29, 1.82) is 0 Å². The Morgan fingerprint density at radius 2 is 2.13 bits per heavy atom. The summed E-state index contributed by atoms with van der Waals surface area (Å²) in [6.07, 6.45) is 10.2. The summed E-state index contributed by atoms with van der Waals surface area (Å²) in [5.74, 6) is 0.280. The normalized spacial score (nSPS) is 25.9. The van der Waals surface area contributed by atoms with Crippen LogP contribution in [0.1, 0.15) is 32.1 Å². The minimum atomic E-state index is 0.280. The Bertz CT molecular complexity index is 244. The van der Waals surface area contributed by atoms with Crippen LogP contribution in [0.3, 0.4) is 0 Å². The van der Waals surface area contributed by atoms with Gasteiger partial charge in [-0.2, -0.15) is 0 Å². The van der Waals surface area contributed by atoms with Crippen LogP contribution in [0.5, 0.6) is 0 Å². The molecule has 2 rings (SSSR count). The van der Waals surface area contributed by atoms with Crippen LogP contribution in [0.4, 0.5) is 0 Å². The van der Waals surface area contributed by atoms with Gasteiger partial charge in [0.25, 0.3) is 0 Å². The predicted molar refractivity (Wildman–Crippen MR) is 60.6 cm³/mol. The number of carbonyl (C=O) groups excluding carboxylic acids is 1. The number of nitrogens with one attached hydrogen (secondary N) is 1. The van der Waals surface area contributed by atoms with E-state index in [-0.39, 0.29) is 5.91 Å². The van der Waals surface area contributed by atoms with Crippen LogP contribution < -0.4 is 5.32 Å². The van der Waals surface area contributed by atoms with Gasteiger partial charge in [-0.05, 0) is 32.1 Å². The van der Waals surface area contributed by atoms with Crippen LogP contribution in [-0.2, 0) is 4.79 Å². The molecule has 0 aromatic heterocycles. The molecule has 1 atom stereocenters. The molecule has 0 spiro atoms. The highest BCUT2D eigenvalue weighted by molar-refractivity contribution is 5.78. The van der Waals surface area contributed by atoms with E-state index >= 15 is 0 Å². The number of allylic oxidation sites excluding steroid dienone is 1. The Labute approximate surface area is 91.5 Å². The van der Waals surface area contributed by atoms with Crippen LogP contribution in [0.25, 0.3) is 0 Å². The molecule has 1 fully saturated rings. The molecule has 1 saturated heterocycles. The highest BCUT2D eigenvalue weighted by Gasteiger charge is 2.18. The maximum Gasteiger partial charge on any atom is 0.236 e. The summed E-state index contributed by atoms with van der Waals surface area (Å²) in [5, 5.41) is 3.36. The molecule has 15 heavy (non-hydrogen) atoms. The van der Waals surface area contributed by atoms with Gasteiger partial charge < -0.3 is 10.2 Å². The highest BCUT2D eigenvalue weighted by atomic mass is 16.2. The molecule has 3 heteroatoms.